The molecule has 0 rings (SSSR count). The summed E-state index contributed by atoms with van der Waals surface area (Å²) < 4.78 is 0. The van der Waals surface area contributed by atoms with Gasteiger partial charge in [-0.1, -0.05) is 0 Å². The second-order valence-corrected chi connectivity index (χ2v) is 0.908. The molecule has 0 aromatic carbocycles. The van der Waals surface area contributed by atoms with Crippen LogP contribution in [0.4, 0.5) is 0 Å². The van der Waals surface area contributed by atoms with Crippen molar-refractivity contribution in [3.05, 3.63) is 0 Å². The van der Waals surface area contributed by atoms with Crippen LogP contribution in [0.1, 0.15) is 15.3 Å². The Morgan fingerprint density at radius 1 is 1.75 bits per heavy atom. The van der Waals surface area contributed by atoms with Crippen LogP contribution in [-0.2, 0) is 4.79 Å². The zero-order valence-corrected chi connectivity index (χ0v) is 2.91. The number of hydrogen-bond acceptors (Lipinski definition) is 1. The van der Waals surface area contributed by atoms with Gasteiger partial charge >= 0.3 is 1.43 Å². The van der Waals surface area contributed by atoms with Crippen molar-refractivity contribution in [2.24, 2.45) is 0 Å². The summed E-state index contributed by atoms with van der Waals surface area (Å²) in [7, 11) is 0. The molecule has 0 saturated carbocycles. The van der Waals surface area contributed by atoms with E-state index in [1.54, 1.807) is 0 Å². The molecule has 0 fully saturated rings. The summed E-state index contributed by atoms with van der Waals surface area (Å²) in [5.74, 6) is 0.167. The Kier molecular flexibility index (Phi) is 0.958. The van der Waals surface area contributed by atoms with Crippen LogP contribution in [0, 0.1) is 0 Å². The summed E-state index contributed by atoms with van der Waals surface area (Å²) in [4.78, 5) is 9.44. The molecule has 0 aliphatic carbocycles. The van der Waals surface area contributed by atoms with E-state index in [0.29, 0.717) is 0 Å². The number of carbonyl (C=O) groups excluding carboxylic acids is 1. The highest BCUT2D eigenvalue weighted by atomic mass is 16.1. The van der Waals surface area contributed by atoms with Crippen LogP contribution < -0.4 is 0 Å². The Labute approximate surface area is 27.1 Å². The van der Waals surface area contributed by atoms with Crippen LogP contribution in [0.2, 0.25) is 0 Å². The molecule has 0 aliphatic heterocycles. The van der Waals surface area contributed by atoms with Gasteiger partial charge in [0.05, 0.1) is 0 Å². The van der Waals surface area contributed by atoms with Gasteiger partial charge in [0.15, 0.2) is 0 Å². The lowest BCUT2D eigenvalue weighted by Crippen LogP contribution is -1.69. The van der Waals surface area contributed by atoms with Crippen LogP contribution in [0.5, 0.6) is 0 Å². The predicted octanol–water partition coefficient (Wildman–Crippen LogP) is 0.708. The van der Waals surface area contributed by atoms with E-state index in [2.05, 4.69) is 0 Å². The molecule has 0 atom stereocenters. The quantitative estimate of drug-likeness (QED) is 0.401. The summed E-state index contributed by atoms with van der Waals surface area (Å²) >= 11 is 0. The summed E-state index contributed by atoms with van der Waals surface area (Å²) in [5, 5.41) is 0. The van der Waals surface area contributed by atoms with E-state index in [-0.39, 0.29) is 7.21 Å². The molecule has 1 nitrogen and oxygen atoms in total. The van der Waals surface area contributed by atoms with E-state index in [1.807, 2.05) is 0 Å². The van der Waals surface area contributed by atoms with E-state index in [1.165, 1.54) is 13.8 Å². The third kappa shape index (κ3) is 6.88. The predicted molar refractivity (Wildman–Crippen MR) is 17.5 cm³/mol. The lowest BCUT2D eigenvalue weighted by molar-refractivity contribution is -0.114. The van der Waals surface area contributed by atoms with E-state index in [0.717, 1.165) is 0 Å². The highest BCUT2D eigenvalue weighted by Crippen LogP contribution is 1.50. The molecule has 0 bridgehead atoms. The molecule has 0 spiro atoms. The summed E-state index contributed by atoms with van der Waals surface area (Å²) in [6, 6.07) is 0. The third-order valence-electron chi connectivity index (χ3n) is 0. The SMILES string of the molecule is CC(C)=O.[H+]. The van der Waals surface area contributed by atoms with E-state index in [4.69, 9.17) is 0 Å². The number of ketones is 1. The Balaban J connectivity index is 0. The van der Waals surface area contributed by atoms with Gasteiger partial charge in [-0.25, -0.2) is 0 Å². The van der Waals surface area contributed by atoms with Crippen molar-refractivity contribution in [2.75, 3.05) is 0 Å². The van der Waals surface area contributed by atoms with Crippen LogP contribution in [0.25, 0.3) is 0 Å². The lowest BCUT2D eigenvalue weighted by atomic mass is 10.6. The van der Waals surface area contributed by atoms with Gasteiger partial charge < -0.3 is 4.79 Å². The Morgan fingerprint density at radius 3 is 1.75 bits per heavy atom. The fourth-order valence-corrected chi connectivity index (χ4v) is 0. The van der Waals surface area contributed by atoms with Crippen molar-refractivity contribution in [3.63, 3.8) is 0 Å². The molecule has 0 aromatic rings. The number of Topliss-reactive ketones (excluding diaryl/α,β-unsaturated/α-hetero) is 1. The van der Waals surface area contributed by atoms with E-state index in [9.17, 15) is 4.79 Å². The van der Waals surface area contributed by atoms with Crippen LogP contribution >= 0.6 is 0 Å². The molecule has 0 amide bonds. The normalized spacial score (nSPS) is 6.50. The molecule has 0 N–H and O–H groups in total. The lowest BCUT2D eigenvalue weighted by Gasteiger charge is -1.56. The minimum atomic E-state index is 0. The van der Waals surface area contributed by atoms with Crippen molar-refractivity contribution in [1.29, 1.82) is 0 Å². The molecule has 0 unspecified atom stereocenters. The zero-order chi connectivity index (χ0) is 3.58. The number of carbonyl (C=O) groups is 1. The van der Waals surface area contributed by atoms with Gasteiger partial charge in [-0.05, 0) is 13.8 Å². The summed E-state index contributed by atoms with van der Waals surface area (Å²) in [6.45, 7) is 3.06. The molecule has 4 heavy (non-hydrogen) atoms. The second-order valence-electron chi connectivity index (χ2n) is 0.908. The molecule has 0 heterocycles. The number of rotatable bonds is 0. The minimum Gasteiger partial charge on any atom is -0.300 e. The molecule has 24 valence electrons. The molecule has 1 heteroatoms. The highest BCUT2D eigenvalue weighted by Gasteiger charge is 1.62. The van der Waals surface area contributed by atoms with Crippen LogP contribution in [0.3, 0.4) is 0 Å². The first-order chi connectivity index (χ1) is 1.73. The van der Waals surface area contributed by atoms with Gasteiger partial charge in [0.25, 0.3) is 0 Å². The fourth-order valence-electron chi connectivity index (χ4n) is 0. The summed E-state index contributed by atoms with van der Waals surface area (Å²) in [6.07, 6.45) is 0. The van der Waals surface area contributed by atoms with Gasteiger partial charge in [-0.15, -0.1) is 0 Å². The molecule has 0 saturated heterocycles. The molecule has 0 radical (unpaired) electrons. The topological polar surface area (TPSA) is 17.1 Å². The van der Waals surface area contributed by atoms with Crippen molar-refractivity contribution >= 4 is 5.78 Å². The Hall–Kier alpha value is -0.330. The van der Waals surface area contributed by atoms with Crippen LogP contribution in [0.15, 0.2) is 0 Å². The smallest absolute Gasteiger partial charge is 0.300 e. The molecule has 0 aromatic heterocycles. The van der Waals surface area contributed by atoms with Crippen molar-refractivity contribution in [2.45, 2.75) is 13.8 Å². The standard InChI is InChI=1S/C3H6O/c1-3(2)4/h1-2H3/p+1. The van der Waals surface area contributed by atoms with Gasteiger partial charge in [0.2, 0.25) is 0 Å². The Bertz CT molecular complexity index is 29.9. The Morgan fingerprint density at radius 2 is 1.75 bits per heavy atom. The summed E-state index contributed by atoms with van der Waals surface area (Å²) in [5.41, 5.74) is 0. The average molecular weight is 59.1 g/mol. The third-order valence-corrected chi connectivity index (χ3v) is 0. The second kappa shape index (κ2) is 1.04. The highest BCUT2D eigenvalue weighted by molar-refractivity contribution is 5.72. The molecule has 0 aliphatic rings. The van der Waals surface area contributed by atoms with Gasteiger partial charge in [0.1, 0.15) is 5.78 Å². The van der Waals surface area contributed by atoms with Gasteiger partial charge in [-0.3, -0.25) is 0 Å². The zero-order valence-electron chi connectivity index (χ0n) is 3.91. The van der Waals surface area contributed by atoms with Crippen molar-refractivity contribution < 1.29 is 6.22 Å². The first-order valence-electron chi connectivity index (χ1n) is 1.20. The maximum absolute atomic E-state index is 9.44. The largest absolute Gasteiger partial charge is 1.00 e. The van der Waals surface area contributed by atoms with Crippen molar-refractivity contribution in [1.82, 2.24) is 0 Å². The van der Waals surface area contributed by atoms with Crippen molar-refractivity contribution in [3.8, 4) is 0 Å². The van der Waals surface area contributed by atoms with Crippen LogP contribution in [-0.4, -0.2) is 5.78 Å². The molecular formula is C3H7O+. The van der Waals surface area contributed by atoms with Gasteiger partial charge in [0, 0.05) is 0 Å². The van der Waals surface area contributed by atoms with E-state index >= 15 is 0 Å². The first kappa shape index (κ1) is 3.67. The minimum absolute atomic E-state index is 0. The average Bonchev–Trinajstić information content (AvgIpc) is 0.811. The monoisotopic (exact) mass is 59.0 g/mol. The molecular weight excluding hydrogens is 52.0 g/mol. The van der Waals surface area contributed by atoms with Gasteiger partial charge in [-0.2, -0.15) is 0 Å². The maximum atomic E-state index is 9.44. The first-order valence-corrected chi connectivity index (χ1v) is 1.20. The maximum Gasteiger partial charge on any atom is 1.00 e. The number of hydrogen-bond donors (Lipinski definition) is 0. The fraction of sp³-hybridized carbons (Fsp3) is 0.667. The van der Waals surface area contributed by atoms with E-state index < -0.39 is 0 Å².